The zero-order chi connectivity index (χ0) is 29.6. The molecule has 224 valence electrons. The van der Waals surface area contributed by atoms with Crippen LogP contribution in [0.1, 0.15) is 79.3 Å². The summed E-state index contributed by atoms with van der Waals surface area (Å²) in [6.45, 7) is 6.09. The molecule has 2 aromatic rings. The Labute approximate surface area is 242 Å². The summed E-state index contributed by atoms with van der Waals surface area (Å²) >= 11 is 1.41. The van der Waals surface area contributed by atoms with E-state index in [0.717, 1.165) is 60.6 Å². The van der Waals surface area contributed by atoms with E-state index in [9.17, 15) is 26.3 Å². The summed E-state index contributed by atoms with van der Waals surface area (Å²) < 4.78 is 82.2. The van der Waals surface area contributed by atoms with E-state index in [0.29, 0.717) is 12.5 Å². The largest absolute Gasteiger partial charge is 0.416 e. The molecular formula is C31H38F6N3S+. The van der Waals surface area contributed by atoms with Gasteiger partial charge in [0.1, 0.15) is 19.3 Å². The van der Waals surface area contributed by atoms with Gasteiger partial charge in [0.15, 0.2) is 5.50 Å². The minimum absolute atomic E-state index is 0.0323. The molecule has 41 heavy (non-hydrogen) atoms. The Morgan fingerprint density at radius 1 is 0.878 bits per heavy atom. The minimum atomic E-state index is -4.90. The van der Waals surface area contributed by atoms with Crippen molar-refractivity contribution in [3.8, 4) is 0 Å². The number of allylic oxidation sites excluding steroid dienone is 1. The van der Waals surface area contributed by atoms with Gasteiger partial charge in [-0.3, -0.25) is 10.2 Å². The number of fused-ring (bicyclic) bond motifs is 1. The van der Waals surface area contributed by atoms with Gasteiger partial charge in [-0.1, -0.05) is 12.8 Å². The SMILES string of the molecule is CCN(CC1CCCC1)c1cc2c(cc1C[N+]1(Cc3cc(C(F)(F)F)cc(C(F)(F)F)c3)C=C(C)SC1N)CCC2. The lowest BCUT2D eigenvalue weighted by molar-refractivity contribution is -0.913. The maximum absolute atomic E-state index is 13.7. The first kappa shape index (κ1) is 30.3. The summed E-state index contributed by atoms with van der Waals surface area (Å²) in [5.41, 5.74) is 8.26. The van der Waals surface area contributed by atoms with Crippen LogP contribution in [0.2, 0.25) is 0 Å². The molecule has 0 saturated heterocycles. The average molecular weight is 599 g/mol. The molecule has 2 aliphatic carbocycles. The van der Waals surface area contributed by atoms with Crippen LogP contribution >= 0.6 is 11.8 Å². The Kier molecular flexibility index (Phi) is 8.49. The van der Waals surface area contributed by atoms with E-state index in [1.807, 2.05) is 13.1 Å². The number of alkyl halides is 6. The second kappa shape index (κ2) is 11.5. The molecule has 0 amide bonds. The van der Waals surface area contributed by atoms with Crippen LogP contribution in [0.15, 0.2) is 41.4 Å². The van der Waals surface area contributed by atoms with E-state index in [1.165, 1.54) is 48.6 Å². The summed E-state index contributed by atoms with van der Waals surface area (Å²) in [5.74, 6) is 0.622. The predicted molar refractivity (Wildman–Crippen MR) is 152 cm³/mol. The first-order valence-corrected chi connectivity index (χ1v) is 15.3. The van der Waals surface area contributed by atoms with Crippen molar-refractivity contribution in [3.05, 3.63) is 74.8 Å². The molecular weight excluding hydrogens is 560 g/mol. The molecule has 3 aliphatic rings. The number of thioether (sulfide) groups is 1. The first-order chi connectivity index (χ1) is 19.3. The fourth-order valence-electron chi connectivity index (χ4n) is 6.84. The van der Waals surface area contributed by atoms with Gasteiger partial charge in [0.2, 0.25) is 0 Å². The molecule has 1 heterocycles. The van der Waals surface area contributed by atoms with Crippen molar-refractivity contribution in [1.29, 1.82) is 0 Å². The summed E-state index contributed by atoms with van der Waals surface area (Å²) in [7, 11) is 0. The number of rotatable bonds is 8. The lowest BCUT2D eigenvalue weighted by atomic mass is 9.99. The lowest BCUT2D eigenvalue weighted by Gasteiger charge is -2.38. The zero-order valence-corrected chi connectivity index (χ0v) is 24.4. The molecule has 3 nitrogen and oxygen atoms in total. The highest BCUT2D eigenvalue weighted by Crippen LogP contribution is 2.44. The standard InChI is InChI=1S/C31H38F6N3S/c1-3-39(16-21-7-4-5-8-21)28-14-24-10-6-9-23(24)13-25(28)19-40(17-20(2)41-29(40)38)18-22-11-26(30(32,33)34)15-27(12-22)31(35,36)37/h11-15,17,21,29H,3-10,16,18-19,38H2,1-2H3/q+1. The third kappa shape index (κ3) is 6.59. The van der Waals surface area contributed by atoms with Gasteiger partial charge in [0, 0.05) is 34.8 Å². The summed E-state index contributed by atoms with van der Waals surface area (Å²) in [6, 6.07) is 6.38. The summed E-state index contributed by atoms with van der Waals surface area (Å²) in [4.78, 5) is 3.32. The molecule has 1 saturated carbocycles. The fraction of sp³-hybridized carbons (Fsp3) is 0.548. The van der Waals surface area contributed by atoms with Crippen molar-refractivity contribution in [2.24, 2.45) is 11.7 Å². The van der Waals surface area contributed by atoms with Gasteiger partial charge in [0.25, 0.3) is 0 Å². The molecule has 2 aromatic carbocycles. The van der Waals surface area contributed by atoms with E-state index < -0.39 is 29.0 Å². The molecule has 2 atom stereocenters. The highest BCUT2D eigenvalue weighted by Gasteiger charge is 2.43. The van der Waals surface area contributed by atoms with Crippen LogP contribution in [0.3, 0.4) is 0 Å². The molecule has 2 N–H and O–H groups in total. The maximum Gasteiger partial charge on any atom is 0.416 e. The van der Waals surface area contributed by atoms with Gasteiger partial charge >= 0.3 is 12.4 Å². The van der Waals surface area contributed by atoms with Crippen LogP contribution in [0.5, 0.6) is 0 Å². The van der Waals surface area contributed by atoms with Crippen LogP contribution < -0.4 is 10.6 Å². The molecule has 0 aromatic heterocycles. The third-order valence-corrected chi connectivity index (χ3v) is 9.95. The zero-order valence-electron chi connectivity index (χ0n) is 23.5. The molecule has 0 spiro atoms. The Balaban J connectivity index is 1.57. The quantitative estimate of drug-likeness (QED) is 0.244. The summed E-state index contributed by atoms with van der Waals surface area (Å²) in [5, 5.41) is 0. The van der Waals surface area contributed by atoms with E-state index in [4.69, 9.17) is 5.73 Å². The number of hydrogen-bond donors (Lipinski definition) is 1. The monoisotopic (exact) mass is 598 g/mol. The first-order valence-electron chi connectivity index (χ1n) is 14.4. The van der Waals surface area contributed by atoms with Gasteiger partial charge < -0.3 is 4.90 Å². The molecule has 10 heteroatoms. The van der Waals surface area contributed by atoms with Crippen molar-refractivity contribution in [2.75, 3.05) is 18.0 Å². The van der Waals surface area contributed by atoms with Crippen molar-refractivity contribution in [1.82, 2.24) is 0 Å². The summed E-state index contributed by atoms with van der Waals surface area (Å²) in [6.07, 6.45) is 0.0805. The Hall–Kier alpha value is -2.17. The normalized spacial score (nSPS) is 23.2. The van der Waals surface area contributed by atoms with Crippen molar-refractivity contribution < 1.29 is 30.8 Å². The third-order valence-electron chi connectivity index (χ3n) is 8.81. The fourth-order valence-corrected chi connectivity index (χ4v) is 7.91. The van der Waals surface area contributed by atoms with E-state index in [1.54, 1.807) is 0 Å². The predicted octanol–water partition coefficient (Wildman–Crippen LogP) is 8.60. The molecule has 0 bridgehead atoms. The topological polar surface area (TPSA) is 29.3 Å². The Bertz CT molecular complexity index is 1270. The van der Waals surface area contributed by atoms with Crippen molar-refractivity contribution in [3.63, 3.8) is 0 Å². The number of aryl methyl sites for hydroxylation is 2. The van der Waals surface area contributed by atoms with E-state index >= 15 is 0 Å². The molecule has 0 radical (unpaired) electrons. The van der Waals surface area contributed by atoms with Gasteiger partial charge in [0.05, 0.1) is 11.1 Å². The maximum atomic E-state index is 13.7. The van der Waals surface area contributed by atoms with Crippen molar-refractivity contribution in [2.45, 2.75) is 89.7 Å². The van der Waals surface area contributed by atoms with Crippen LogP contribution in [0.25, 0.3) is 0 Å². The number of halogens is 6. The second-order valence-corrected chi connectivity index (χ2v) is 13.2. The van der Waals surface area contributed by atoms with Crippen LogP contribution in [0.4, 0.5) is 32.0 Å². The number of hydrogen-bond acceptors (Lipinski definition) is 3. The van der Waals surface area contributed by atoms with Gasteiger partial charge in [-0.2, -0.15) is 26.3 Å². The number of nitrogens with two attached hydrogens (primary N) is 1. The smallest absolute Gasteiger partial charge is 0.371 e. The number of nitrogens with zero attached hydrogens (tertiary/aromatic N) is 2. The average Bonchev–Trinajstić information content (AvgIpc) is 3.62. The van der Waals surface area contributed by atoms with Crippen LogP contribution in [-0.2, 0) is 38.3 Å². The molecule has 1 fully saturated rings. The second-order valence-electron chi connectivity index (χ2n) is 11.9. The van der Waals surface area contributed by atoms with Gasteiger partial charge in [-0.05, 0) is 105 Å². The lowest BCUT2D eigenvalue weighted by Crippen LogP contribution is -2.50. The number of anilines is 1. The highest BCUT2D eigenvalue weighted by atomic mass is 32.2. The van der Waals surface area contributed by atoms with Crippen molar-refractivity contribution >= 4 is 17.4 Å². The minimum Gasteiger partial charge on any atom is -0.371 e. The van der Waals surface area contributed by atoms with Crippen LogP contribution in [-0.4, -0.2) is 23.1 Å². The highest BCUT2D eigenvalue weighted by molar-refractivity contribution is 8.03. The molecule has 5 rings (SSSR count). The van der Waals surface area contributed by atoms with E-state index in [2.05, 4.69) is 24.0 Å². The van der Waals surface area contributed by atoms with E-state index in [-0.39, 0.29) is 22.7 Å². The number of quaternary nitrogens is 1. The molecule has 1 aliphatic heterocycles. The number of benzene rings is 2. The van der Waals surface area contributed by atoms with Gasteiger partial charge in [-0.25, -0.2) is 0 Å². The Morgan fingerprint density at radius 3 is 2.02 bits per heavy atom. The van der Waals surface area contributed by atoms with Gasteiger partial charge in [-0.15, -0.1) is 0 Å². The Morgan fingerprint density at radius 2 is 1.49 bits per heavy atom. The van der Waals surface area contributed by atoms with Crippen LogP contribution in [0, 0.1) is 5.92 Å². The molecule has 2 unspecified atom stereocenters.